The van der Waals surface area contributed by atoms with Gasteiger partial charge in [-0.15, -0.1) is 0 Å². The van der Waals surface area contributed by atoms with Gasteiger partial charge >= 0.3 is 7.87 Å². The van der Waals surface area contributed by atoms with Crippen LogP contribution in [0.3, 0.4) is 0 Å². The van der Waals surface area contributed by atoms with Gasteiger partial charge in [0.2, 0.25) is 0 Å². The standard InChI is InChI=1S/C28H32N4O4P.ClH/c1-33-25-13-5-21(6-14-25)29-37(30-22-7-15-26(34-2)16-8-22,31-23-9-17-27(35-3)18-10-23)32-24-11-19-28(36-4)20-12-24;/h5-20,29-32H,1-4H3;1H/q+1;/p-1. The van der Waals surface area contributed by atoms with Crippen LogP contribution in [0.1, 0.15) is 0 Å². The van der Waals surface area contributed by atoms with Crippen molar-refractivity contribution in [2.24, 2.45) is 0 Å². The van der Waals surface area contributed by atoms with E-state index in [1.807, 2.05) is 97.1 Å². The molecule has 0 unspecified atom stereocenters. The van der Waals surface area contributed by atoms with Gasteiger partial charge in [-0.25, -0.2) is 20.3 Å². The summed E-state index contributed by atoms with van der Waals surface area (Å²) in [6.45, 7) is 0. The molecule has 0 aliphatic rings. The molecule has 4 N–H and O–H groups in total. The highest BCUT2D eigenvalue weighted by Crippen LogP contribution is 2.56. The molecule has 8 nitrogen and oxygen atoms in total. The van der Waals surface area contributed by atoms with Crippen LogP contribution in [-0.4, -0.2) is 28.4 Å². The van der Waals surface area contributed by atoms with E-state index in [4.69, 9.17) is 18.9 Å². The summed E-state index contributed by atoms with van der Waals surface area (Å²) in [6, 6.07) is 31.2. The first-order valence-corrected chi connectivity index (χ1v) is 13.4. The number of nitrogens with one attached hydrogen (secondary N) is 4. The van der Waals surface area contributed by atoms with Crippen LogP contribution < -0.4 is 51.7 Å². The number of hydrogen-bond acceptors (Lipinski definition) is 8. The summed E-state index contributed by atoms with van der Waals surface area (Å²) in [5, 5.41) is 14.8. The number of benzene rings is 4. The van der Waals surface area contributed by atoms with Crippen LogP contribution in [0.4, 0.5) is 22.7 Å². The van der Waals surface area contributed by atoms with Crippen LogP contribution in [0.15, 0.2) is 97.1 Å². The number of ether oxygens (including phenoxy) is 4. The van der Waals surface area contributed by atoms with Gasteiger partial charge in [0.05, 0.1) is 51.2 Å². The molecule has 0 saturated heterocycles. The maximum atomic E-state index is 5.35. The quantitative estimate of drug-likeness (QED) is 0.194. The van der Waals surface area contributed by atoms with E-state index < -0.39 is 7.87 Å². The predicted molar refractivity (Wildman–Crippen MR) is 153 cm³/mol. The van der Waals surface area contributed by atoms with Crippen LogP contribution in [0, 0.1) is 0 Å². The number of anilines is 4. The Hall–Kier alpha value is -4.00. The second-order valence-corrected chi connectivity index (χ2v) is 10.3. The largest absolute Gasteiger partial charge is 1.00 e. The number of hydrogen-bond donors (Lipinski definition) is 4. The predicted octanol–water partition coefficient (Wildman–Crippen LogP) is 4.15. The van der Waals surface area contributed by atoms with Crippen LogP contribution in [0.2, 0.25) is 0 Å². The molecule has 4 aromatic rings. The average Bonchev–Trinajstić information content (AvgIpc) is 2.94. The molecule has 0 fully saturated rings. The molecule has 4 aromatic carbocycles. The summed E-state index contributed by atoms with van der Waals surface area (Å²) < 4.78 is 21.4. The van der Waals surface area contributed by atoms with Crippen LogP contribution >= 0.6 is 7.87 Å². The Balaban J connectivity index is 0.00000400. The van der Waals surface area contributed by atoms with E-state index in [2.05, 4.69) is 20.3 Å². The highest BCUT2D eigenvalue weighted by Gasteiger charge is 2.41. The van der Waals surface area contributed by atoms with Gasteiger partial charge in [-0.05, 0) is 97.1 Å². The van der Waals surface area contributed by atoms with Crippen molar-refractivity contribution in [3.05, 3.63) is 97.1 Å². The van der Waals surface area contributed by atoms with E-state index in [0.29, 0.717) is 0 Å². The summed E-state index contributed by atoms with van der Waals surface area (Å²) in [6.07, 6.45) is 0. The van der Waals surface area contributed by atoms with E-state index >= 15 is 0 Å². The van der Waals surface area contributed by atoms with Gasteiger partial charge in [-0.2, -0.15) is 0 Å². The Kier molecular flexibility index (Phi) is 10.2. The lowest BCUT2D eigenvalue weighted by molar-refractivity contribution is -0.00000869. The zero-order chi connectivity index (χ0) is 26.1. The van der Waals surface area contributed by atoms with Gasteiger partial charge in [0.15, 0.2) is 0 Å². The first-order chi connectivity index (χ1) is 18.0. The molecule has 10 heteroatoms. The van der Waals surface area contributed by atoms with Crippen molar-refractivity contribution in [3.8, 4) is 23.0 Å². The van der Waals surface area contributed by atoms with E-state index in [-0.39, 0.29) is 12.4 Å². The van der Waals surface area contributed by atoms with Gasteiger partial charge in [0.25, 0.3) is 0 Å². The molecule has 0 spiro atoms. The molecule has 0 aromatic heterocycles. The minimum absolute atomic E-state index is 0. The molecule has 200 valence electrons. The normalized spacial score (nSPS) is 10.4. The van der Waals surface area contributed by atoms with Crippen LogP contribution in [0.25, 0.3) is 0 Å². The van der Waals surface area contributed by atoms with E-state index in [1.54, 1.807) is 28.4 Å². The second-order valence-electron chi connectivity index (χ2n) is 8.03. The van der Waals surface area contributed by atoms with E-state index in [0.717, 1.165) is 45.7 Å². The summed E-state index contributed by atoms with van der Waals surface area (Å²) in [5.41, 5.74) is 3.60. The van der Waals surface area contributed by atoms with Crippen molar-refractivity contribution in [2.45, 2.75) is 0 Å². The lowest BCUT2D eigenvalue weighted by Crippen LogP contribution is -3.00. The molecule has 0 amide bonds. The highest BCUT2D eigenvalue weighted by atomic mass is 35.5. The maximum absolute atomic E-state index is 5.35. The van der Waals surface area contributed by atoms with Crippen LogP contribution in [0.5, 0.6) is 23.0 Å². The molecule has 0 aliphatic carbocycles. The molecule has 0 saturated carbocycles. The molecule has 0 atom stereocenters. The molecular formula is C28H32ClN4O4P. The monoisotopic (exact) mass is 554 g/mol. The lowest BCUT2D eigenvalue weighted by atomic mass is 10.3. The summed E-state index contributed by atoms with van der Waals surface area (Å²) in [5.74, 6) is 3.13. The van der Waals surface area contributed by atoms with Crippen LogP contribution in [-0.2, 0) is 0 Å². The van der Waals surface area contributed by atoms with E-state index in [1.165, 1.54) is 0 Å². The zero-order valence-corrected chi connectivity index (χ0v) is 23.3. The first-order valence-electron chi connectivity index (χ1n) is 11.6. The van der Waals surface area contributed by atoms with Crippen molar-refractivity contribution in [3.63, 3.8) is 0 Å². The molecule has 0 heterocycles. The van der Waals surface area contributed by atoms with Crippen molar-refractivity contribution in [1.82, 2.24) is 0 Å². The van der Waals surface area contributed by atoms with Crippen molar-refractivity contribution in [1.29, 1.82) is 0 Å². The Labute approximate surface area is 230 Å². The molecule has 38 heavy (non-hydrogen) atoms. The Morgan fingerprint density at radius 2 is 0.553 bits per heavy atom. The van der Waals surface area contributed by atoms with Gasteiger partial charge < -0.3 is 31.4 Å². The maximum Gasteiger partial charge on any atom is 0.395 e. The van der Waals surface area contributed by atoms with Gasteiger partial charge in [-0.3, -0.25) is 0 Å². The van der Waals surface area contributed by atoms with Crippen molar-refractivity contribution in [2.75, 3.05) is 48.8 Å². The molecule has 0 aliphatic heterocycles. The average molecular weight is 555 g/mol. The minimum Gasteiger partial charge on any atom is -1.00 e. The number of rotatable bonds is 12. The van der Waals surface area contributed by atoms with Crippen molar-refractivity contribution < 1.29 is 31.4 Å². The Morgan fingerprint density at radius 3 is 0.711 bits per heavy atom. The van der Waals surface area contributed by atoms with Gasteiger partial charge in [0.1, 0.15) is 23.0 Å². The molecule has 0 bridgehead atoms. The molecular weight excluding hydrogens is 523 g/mol. The number of methoxy groups -OCH3 is 4. The third kappa shape index (κ3) is 7.51. The summed E-state index contributed by atoms with van der Waals surface area (Å²) >= 11 is 0. The third-order valence-corrected chi connectivity index (χ3v) is 7.92. The third-order valence-electron chi connectivity index (χ3n) is 5.55. The highest BCUT2D eigenvalue weighted by molar-refractivity contribution is 7.81. The SMILES string of the molecule is COc1ccc(N[P+](Nc2ccc(OC)cc2)(Nc2ccc(OC)cc2)Nc2ccc(OC)cc2)cc1.[Cl-]. The Bertz CT molecular complexity index is 1050. The fourth-order valence-corrected chi connectivity index (χ4v) is 6.09. The summed E-state index contributed by atoms with van der Waals surface area (Å²) in [4.78, 5) is 0. The van der Waals surface area contributed by atoms with Gasteiger partial charge in [0, 0.05) is 0 Å². The molecule has 0 radical (unpaired) electrons. The zero-order valence-electron chi connectivity index (χ0n) is 21.7. The molecule has 4 rings (SSSR count). The minimum atomic E-state index is -2.64. The van der Waals surface area contributed by atoms with Gasteiger partial charge in [-0.1, -0.05) is 0 Å². The second kappa shape index (κ2) is 13.5. The summed E-state index contributed by atoms with van der Waals surface area (Å²) in [7, 11) is 3.98. The topological polar surface area (TPSA) is 85.0 Å². The number of halogens is 1. The smallest absolute Gasteiger partial charge is 0.395 e. The fraction of sp³-hybridized carbons (Fsp3) is 0.143. The fourth-order valence-electron chi connectivity index (χ4n) is 3.60. The first kappa shape index (κ1) is 28.6. The van der Waals surface area contributed by atoms with Crippen molar-refractivity contribution >= 4 is 30.6 Å². The van der Waals surface area contributed by atoms with E-state index in [9.17, 15) is 0 Å². The lowest BCUT2D eigenvalue weighted by Gasteiger charge is -2.30. The Morgan fingerprint density at radius 1 is 0.368 bits per heavy atom.